The Morgan fingerprint density at radius 2 is 1.73 bits per heavy atom. The molecule has 0 amide bonds. The molecule has 30 heavy (non-hydrogen) atoms. The summed E-state index contributed by atoms with van der Waals surface area (Å²) in [5, 5.41) is 3.21. The average Bonchev–Trinajstić information content (AvgIpc) is 3.06. The average molecular weight is 440 g/mol. The highest BCUT2D eigenvalue weighted by molar-refractivity contribution is 5.77. The number of hydrogen-bond acceptors (Lipinski definition) is 4. The highest BCUT2D eigenvalue weighted by Gasteiger charge is 2.57. The van der Waals surface area contributed by atoms with Gasteiger partial charge in [0.05, 0.1) is 11.8 Å². The Labute approximate surface area is 160 Å². The molecule has 0 fully saturated rings. The van der Waals surface area contributed by atoms with Crippen molar-refractivity contribution in [2.24, 2.45) is 0 Å². The van der Waals surface area contributed by atoms with Gasteiger partial charge in [-0.3, -0.25) is 18.7 Å². The molecule has 0 atom stereocenters. The number of pyridine rings is 1. The number of rotatable bonds is 4. The first-order valence-corrected chi connectivity index (χ1v) is 7.81. The summed E-state index contributed by atoms with van der Waals surface area (Å²) >= 11 is 0. The highest BCUT2D eigenvalue weighted by atomic mass is 19.4. The number of nitrogens with zero attached hydrogens (tertiary/aromatic N) is 4. The number of carbonyl (C=O) groups excluding carboxylic acids is 1. The van der Waals surface area contributed by atoms with Gasteiger partial charge >= 0.3 is 18.3 Å². The van der Waals surface area contributed by atoms with Crippen molar-refractivity contribution < 1.29 is 39.9 Å². The fourth-order valence-corrected chi connectivity index (χ4v) is 2.56. The zero-order chi connectivity index (χ0) is 22.5. The first-order valence-electron chi connectivity index (χ1n) is 7.81. The molecule has 3 heterocycles. The van der Waals surface area contributed by atoms with E-state index in [0.29, 0.717) is 23.1 Å². The van der Waals surface area contributed by atoms with Gasteiger partial charge in [-0.1, -0.05) is 0 Å². The smallest absolute Gasteiger partial charge is 0.298 e. The van der Waals surface area contributed by atoms with Gasteiger partial charge in [-0.25, -0.2) is 4.98 Å². The van der Waals surface area contributed by atoms with Gasteiger partial charge in [0.15, 0.2) is 5.69 Å². The van der Waals surface area contributed by atoms with Crippen molar-refractivity contribution in [3.8, 4) is 11.1 Å². The number of alkyl halides is 8. The summed E-state index contributed by atoms with van der Waals surface area (Å²) in [6.07, 6.45) is -8.79. The largest absolute Gasteiger partial charge is 0.455 e. The van der Waals surface area contributed by atoms with Gasteiger partial charge in [-0.05, 0) is 12.1 Å². The number of halogens is 8. The Balaban J connectivity index is 2.19. The molecule has 0 saturated heterocycles. The van der Waals surface area contributed by atoms with E-state index < -0.39 is 52.8 Å². The predicted octanol–water partition coefficient (Wildman–Crippen LogP) is 3.59. The van der Waals surface area contributed by atoms with Crippen molar-refractivity contribution in [3.05, 3.63) is 52.3 Å². The summed E-state index contributed by atoms with van der Waals surface area (Å²) < 4.78 is 105. The van der Waals surface area contributed by atoms with Gasteiger partial charge in [0.2, 0.25) is 0 Å². The standard InChI is InChI=1S/C16H8F8N4O2/c17-14(18,16(22,23)24)7-27-5-9(4-25-27)11-12(15(19,20)21)26-10-3-8(6-29)1-2-28(10)13(11)30/h1-6H,7H2. The maximum absolute atomic E-state index is 13.5. The second kappa shape index (κ2) is 6.88. The molecule has 3 aromatic heterocycles. The Bertz CT molecular complexity index is 1180. The molecule has 0 unspecified atom stereocenters. The summed E-state index contributed by atoms with van der Waals surface area (Å²) in [6, 6.07) is 2.04. The molecule has 0 spiro atoms. The van der Waals surface area contributed by atoms with Crippen molar-refractivity contribution in [3.63, 3.8) is 0 Å². The molecule has 160 valence electrons. The van der Waals surface area contributed by atoms with Crippen LogP contribution in [0.15, 0.2) is 35.5 Å². The molecule has 6 nitrogen and oxygen atoms in total. The second-order valence-electron chi connectivity index (χ2n) is 6.07. The maximum atomic E-state index is 13.5. The van der Waals surface area contributed by atoms with Crippen LogP contribution in [0.1, 0.15) is 16.1 Å². The van der Waals surface area contributed by atoms with Crippen molar-refractivity contribution >= 4 is 11.9 Å². The van der Waals surface area contributed by atoms with Crippen LogP contribution in [-0.2, 0) is 12.7 Å². The van der Waals surface area contributed by atoms with Crippen LogP contribution in [0, 0.1) is 0 Å². The summed E-state index contributed by atoms with van der Waals surface area (Å²) in [4.78, 5) is 26.8. The van der Waals surface area contributed by atoms with Crippen LogP contribution in [0.25, 0.3) is 16.8 Å². The summed E-state index contributed by atoms with van der Waals surface area (Å²) in [5.41, 5.74) is -5.33. The van der Waals surface area contributed by atoms with E-state index in [0.717, 1.165) is 18.3 Å². The molecular weight excluding hydrogens is 432 g/mol. The molecule has 3 rings (SSSR count). The lowest BCUT2D eigenvalue weighted by Crippen LogP contribution is -2.40. The van der Waals surface area contributed by atoms with Gasteiger partial charge < -0.3 is 0 Å². The van der Waals surface area contributed by atoms with Crippen LogP contribution in [0.3, 0.4) is 0 Å². The van der Waals surface area contributed by atoms with E-state index in [1.165, 1.54) is 0 Å². The first kappa shape index (κ1) is 21.4. The Morgan fingerprint density at radius 1 is 1.07 bits per heavy atom. The van der Waals surface area contributed by atoms with E-state index in [9.17, 15) is 44.7 Å². The van der Waals surface area contributed by atoms with Crippen LogP contribution < -0.4 is 5.56 Å². The van der Waals surface area contributed by atoms with Crippen molar-refractivity contribution in [1.29, 1.82) is 0 Å². The monoisotopic (exact) mass is 440 g/mol. The van der Waals surface area contributed by atoms with Crippen molar-refractivity contribution in [2.75, 3.05) is 0 Å². The molecule has 0 aliphatic rings. The first-order chi connectivity index (χ1) is 13.7. The number of fused-ring (bicyclic) bond motifs is 1. The van der Waals surface area contributed by atoms with E-state index >= 15 is 0 Å². The number of aromatic nitrogens is 4. The van der Waals surface area contributed by atoms with E-state index in [1.807, 2.05) is 0 Å². The van der Waals surface area contributed by atoms with Gasteiger partial charge in [-0.15, -0.1) is 0 Å². The van der Waals surface area contributed by atoms with Crippen LogP contribution in [0.2, 0.25) is 0 Å². The number of hydrogen-bond donors (Lipinski definition) is 0. The minimum Gasteiger partial charge on any atom is -0.298 e. The third-order valence-electron chi connectivity index (χ3n) is 3.96. The molecule has 0 aromatic carbocycles. The molecular formula is C16H8F8N4O2. The van der Waals surface area contributed by atoms with Crippen molar-refractivity contribution in [2.45, 2.75) is 24.8 Å². The molecule has 14 heteroatoms. The molecule has 3 aromatic rings. The Morgan fingerprint density at radius 3 is 2.30 bits per heavy atom. The van der Waals surface area contributed by atoms with Crippen LogP contribution in [0.4, 0.5) is 35.1 Å². The zero-order valence-electron chi connectivity index (χ0n) is 14.3. The van der Waals surface area contributed by atoms with E-state index in [4.69, 9.17) is 0 Å². The quantitative estimate of drug-likeness (QED) is 0.460. The van der Waals surface area contributed by atoms with Gasteiger partial charge in [0.25, 0.3) is 5.56 Å². The van der Waals surface area contributed by atoms with Crippen molar-refractivity contribution in [1.82, 2.24) is 19.2 Å². The second-order valence-corrected chi connectivity index (χ2v) is 6.07. The van der Waals surface area contributed by atoms with Crippen LogP contribution in [-0.4, -0.2) is 37.6 Å². The predicted molar refractivity (Wildman–Crippen MR) is 84.1 cm³/mol. The molecule has 0 radical (unpaired) electrons. The van der Waals surface area contributed by atoms with E-state index in [2.05, 4.69) is 10.1 Å². The zero-order valence-corrected chi connectivity index (χ0v) is 14.3. The van der Waals surface area contributed by atoms with Crippen LogP contribution in [0.5, 0.6) is 0 Å². The third kappa shape index (κ3) is 3.76. The van der Waals surface area contributed by atoms with Crippen LogP contribution >= 0.6 is 0 Å². The molecule has 0 aliphatic carbocycles. The molecule has 0 bridgehead atoms. The topological polar surface area (TPSA) is 69.3 Å². The summed E-state index contributed by atoms with van der Waals surface area (Å²) in [6.45, 7) is -2.00. The molecule has 0 N–H and O–H groups in total. The lowest BCUT2D eigenvalue weighted by molar-refractivity contribution is -0.287. The third-order valence-corrected chi connectivity index (χ3v) is 3.96. The lowest BCUT2D eigenvalue weighted by atomic mass is 10.1. The van der Waals surface area contributed by atoms with E-state index in [1.54, 1.807) is 0 Å². The normalized spacial score (nSPS) is 13.1. The minimum atomic E-state index is -5.91. The lowest BCUT2D eigenvalue weighted by Gasteiger charge is -2.19. The number of carbonyl (C=O) groups is 1. The highest BCUT2D eigenvalue weighted by Crippen LogP contribution is 2.37. The van der Waals surface area contributed by atoms with Gasteiger partial charge in [0.1, 0.15) is 18.5 Å². The fraction of sp³-hybridized carbons (Fsp3) is 0.250. The van der Waals surface area contributed by atoms with Gasteiger partial charge in [0, 0.05) is 23.5 Å². The fourth-order valence-electron chi connectivity index (χ4n) is 2.56. The van der Waals surface area contributed by atoms with E-state index in [-0.39, 0.29) is 10.2 Å². The molecule has 0 saturated carbocycles. The minimum absolute atomic E-state index is 0.0648. The maximum Gasteiger partial charge on any atom is 0.455 e. The Hall–Kier alpha value is -3.32. The summed E-state index contributed by atoms with van der Waals surface area (Å²) in [5.74, 6) is -5.20. The number of aldehydes is 1. The molecule has 0 aliphatic heterocycles. The SMILES string of the molecule is O=Cc1ccn2c(=O)c(-c3cnn(CC(F)(F)C(F)(F)F)c3)c(C(F)(F)F)nc2c1. The Kier molecular flexibility index (Phi) is 4.91. The van der Waals surface area contributed by atoms with Gasteiger partial charge in [-0.2, -0.15) is 40.2 Å². The summed E-state index contributed by atoms with van der Waals surface area (Å²) in [7, 11) is 0.